The molecule has 0 aromatic heterocycles. The second-order valence-corrected chi connectivity index (χ2v) is 7.11. The third kappa shape index (κ3) is 2.33. The Labute approximate surface area is 113 Å². The van der Waals surface area contributed by atoms with Gasteiger partial charge in [0.1, 0.15) is 0 Å². The van der Waals surface area contributed by atoms with Gasteiger partial charge in [-0.05, 0) is 45.6 Å². The molecule has 2 heterocycles. The molecule has 2 N–H and O–H groups in total. The SMILES string of the molecule is CC1CC(C)C(C)N(C2(CN)CC(C)N(C)C2)C1. The molecular formula is C15H31N3. The van der Waals surface area contributed by atoms with Gasteiger partial charge in [-0.25, -0.2) is 0 Å². The van der Waals surface area contributed by atoms with E-state index in [1.54, 1.807) is 0 Å². The van der Waals surface area contributed by atoms with Gasteiger partial charge in [0, 0.05) is 37.3 Å². The first-order valence-corrected chi connectivity index (χ1v) is 7.56. The Morgan fingerprint density at radius 1 is 1.22 bits per heavy atom. The van der Waals surface area contributed by atoms with E-state index in [4.69, 9.17) is 5.73 Å². The van der Waals surface area contributed by atoms with Gasteiger partial charge in [0.25, 0.3) is 0 Å². The minimum absolute atomic E-state index is 0.219. The second kappa shape index (κ2) is 5.10. The van der Waals surface area contributed by atoms with Gasteiger partial charge in [-0.1, -0.05) is 13.8 Å². The molecule has 0 bridgehead atoms. The fourth-order valence-electron chi connectivity index (χ4n) is 4.20. The maximum Gasteiger partial charge on any atom is 0.0476 e. The van der Waals surface area contributed by atoms with Crippen molar-refractivity contribution >= 4 is 0 Å². The first-order valence-electron chi connectivity index (χ1n) is 7.56. The fourth-order valence-corrected chi connectivity index (χ4v) is 4.20. The molecule has 3 nitrogen and oxygen atoms in total. The van der Waals surface area contributed by atoms with Crippen LogP contribution < -0.4 is 5.73 Å². The molecular weight excluding hydrogens is 222 g/mol. The number of likely N-dealkylation sites (tertiary alicyclic amines) is 2. The lowest BCUT2D eigenvalue weighted by atomic mass is 9.81. The molecule has 2 aliphatic heterocycles. The Hall–Kier alpha value is -0.120. The largest absolute Gasteiger partial charge is 0.329 e. The number of rotatable bonds is 2. The Kier molecular flexibility index (Phi) is 4.05. The average Bonchev–Trinajstić information content (AvgIpc) is 2.61. The molecule has 0 spiro atoms. The fraction of sp³-hybridized carbons (Fsp3) is 1.00. The number of nitrogens with zero attached hydrogens (tertiary/aromatic N) is 2. The van der Waals surface area contributed by atoms with Gasteiger partial charge in [0.15, 0.2) is 0 Å². The van der Waals surface area contributed by atoms with Crippen molar-refractivity contribution in [3.63, 3.8) is 0 Å². The van der Waals surface area contributed by atoms with Crippen LogP contribution in [0.4, 0.5) is 0 Å². The highest BCUT2D eigenvalue weighted by molar-refractivity contribution is 5.05. The maximum atomic E-state index is 6.21. The van der Waals surface area contributed by atoms with Crippen LogP contribution >= 0.6 is 0 Å². The quantitative estimate of drug-likeness (QED) is 0.814. The summed E-state index contributed by atoms with van der Waals surface area (Å²) in [6.45, 7) is 12.7. The molecule has 0 aromatic carbocycles. The molecule has 0 amide bonds. The van der Waals surface area contributed by atoms with Crippen molar-refractivity contribution in [1.82, 2.24) is 9.80 Å². The molecule has 5 atom stereocenters. The standard InChI is InChI=1S/C15H31N3/c1-11-6-12(2)14(4)18(8-11)15(9-16)7-13(3)17(5)10-15/h11-14H,6-10,16H2,1-5H3. The second-order valence-electron chi connectivity index (χ2n) is 7.11. The lowest BCUT2D eigenvalue weighted by Gasteiger charge is -2.51. The Morgan fingerprint density at radius 3 is 2.39 bits per heavy atom. The van der Waals surface area contributed by atoms with Gasteiger partial charge < -0.3 is 10.6 Å². The van der Waals surface area contributed by atoms with Crippen molar-refractivity contribution in [2.24, 2.45) is 17.6 Å². The lowest BCUT2D eigenvalue weighted by Crippen LogP contribution is -2.62. The van der Waals surface area contributed by atoms with Crippen molar-refractivity contribution in [3.05, 3.63) is 0 Å². The van der Waals surface area contributed by atoms with E-state index < -0.39 is 0 Å². The normalized spacial score (nSPS) is 47.7. The summed E-state index contributed by atoms with van der Waals surface area (Å²) in [7, 11) is 2.24. The van der Waals surface area contributed by atoms with Gasteiger partial charge in [-0.3, -0.25) is 4.90 Å². The van der Waals surface area contributed by atoms with E-state index >= 15 is 0 Å². The predicted octanol–water partition coefficient (Wildman–Crippen LogP) is 1.77. The topological polar surface area (TPSA) is 32.5 Å². The zero-order valence-electron chi connectivity index (χ0n) is 12.8. The Bertz CT molecular complexity index is 281. The lowest BCUT2D eigenvalue weighted by molar-refractivity contribution is -0.0105. The molecule has 2 saturated heterocycles. The van der Waals surface area contributed by atoms with Crippen LogP contribution in [0.2, 0.25) is 0 Å². The van der Waals surface area contributed by atoms with E-state index in [9.17, 15) is 0 Å². The van der Waals surface area contributed by atoms with Gasteiger partial charge in [-0.2, -0.15) is 0 Å². The van der Waals surface area contributed by atoms with Crippen LogP contribution in [-0.4, -0.2) is 54.1 Å². The van der Waals surface area contributed by atoms with Crippen LogP contribution in [0.1, 0.15) is 40.5 Å². The molecule has 2 rings (SSSR count). The monoisotopic (exact) mass is 253 g/mol. The van der Waals surface area contributed by atoms with E-state index in [0.717, 1.165) is 24.9 Å². The van der Waals surface area contributed by atoms with Crippen LogP contribution in [0.3, 0.4) is 0 Å². The zero-order valence-corrected chi connectivity index (χ0v) is 12.8. The molecule has 2 fully saturated rings. The smallest absolute Gasteiger partial charge is 0.0476 e. The highest BCUT2D eigenvalue weighted by Gasteiger charge is 2.48. The van der Waals surface area contributed by atoms with Gasteiger partial charge in [0.05, 0.1) is 0 Å². The zero-order chi connectivity index (χ0) is 13.5. The summed E-state index contributed by atoms with van der Waals surface area (Å²) in [6, 6.07) is 1.33. The van der Waals surface area contributed by atoms with Crippen LogP contribution in [0.25, 0.3) is 0 Å². The minimum atomic E-state index is 0.219. The number of hydrogen-bond donors (Lipinski definition) is 1. The molecule has 3 heteroatoms. The van der Waals surface area contributed by atoms with Crippen LogP contribution in [0, 0.1) is 11.8 Å². The highest BCUT2D eigenvalue weighted by Crippen LogP contribution is 2.38. The van der Waals surface area contributed by atoms with Crippen molar-refractivity contribution in [1.29, 1.82) is 0 Å². The summed E-state index contributed by atoms with van der Waals surface area (Å²) in [5.74, 6) is 1.60. The van der Waals surface area contributed by atoms with E-state index in [-0.39, 0.29) is 5.54 Å². The van der Waals surface area contributed by atoms with Gasteiger partial charge in [-0.15, -0.1) is 0 Å². The summed E-state index contributed by atoms with van der Waals surface area (Å²) in [5, 5.41) is 0. The number of likely N-dealkylation sites (N-methyl/N-ethyl adjacent to an activating group) is 1. The summed E-state index contributed by atoms with van der Waals surface area (Å²) in [4.78, 5) is 5.22. The molecule has 106 valence electrons. The third-order valence-electron chi connectivity index (χ3n) is 5.56. The van der Waals surface area contributed by atoms with Crippen LogP contribution in [-0.2, 0) is 0 Å². The minimum Gasteiger partial charge on any atom is -0.329 e. The summed E-state index contributed by atoms with van der Waals surface area (Å²) < 4.78 is 0. The van der Waals surface area contributed by atoms with E-state index in [0.29, 0.717) is 12.1 Å². The van der Waals surface area contributed by atoms with Gasteiger partial charge in [0.2, 0.25) is 0 Å². The predicted molar refractivity (Wildman–Crippen MR) is 77.6 cm³/mol. The van der Waals surface area contributed by atoms with E-state index in [2.05, 4.69) is 44.5 Å². The third-order valence-corrected chi connectivity index (χ3v) is 5.56. The number of hydrogen-bond acceptors (Lipinski definition) is 3. The molecule has 18 heavy (non-hydrogen) atoms. The number of nitrogens with two attached hydrogens (primary N) is 1. The highest BCUT2D eigenvalue weighted by atomic mass is 15.3. The molecule has 0 radical (unpaired) electrons. The van der Waals surface area contributed by atoms with Crippen LogP contribution in [0.15, 0.2) is 0 Å². The average molecular weight is 253 g/mol. The molecule has 2 aliphatic rings. The number of piperidine rings is 1. The van der Waals surface area contributed by atoms with Crippen molar-refractivity contribution in [2.75, 3.05) is 26.7 Å². The first kappa shape index (κ1) is 14.3. The van der Waals surface area contributed by atoms with Gasteiger partial charge >= 0.3 is 0 Å². The molecule has 0 aliphatic carbocycles. The Balaban J connectivity index is 2.21. The van der Waals surface area contributed by atoms with E-state index in [1.165, 1.54) is 19.4 Å². The van der Waals surface area contributed by atoms with Crippen molar-refractivity contribution < 1.29 is 0 Å². The Morgan fingerprint density at radius 2 is 1.89 bits per heavy atom. The van der Waals surface area contributed by atoms with E-state index in [1.807, 2.05) is 0 Å². The molecule has 0 aromatic rings. The van der Waals surface area contributed by atoms with Crippen LogP contribution in [0.5, 0.6) is 0 Å². The summed E-state index contributed by atoms with van der Waals surface area (Å²) in [6.07, 6.45) is 2.59. The molecule has 0 saturated carbocycles. The van der Waals surface area contributed by atoms with Crippen molar-refractivity contribution in [2.45, 2.75) is 58.2 Å². The maximum absolute atomic E-state index is 6.21. The molecule has 5 unspecified atom stereocenters. The summed E-state index contributed by atoms with van der Waals surface area (Å²) >= 11 is 0. The summed E-state index contributed by atoms with van der Waals surface area (Å²) in [5.41, 5.74) is 6.43. The van der Waals surface area contributed by atoms with Crippen molar-refractivity contribution in [3.8, 4) is 0 Å². The first-order chi connectivity index (χ1) is 8.39.